The van der Waals surface area contributed by atoms with Crippen LogP contribution in [0.5, 0.6) is 5.75 Å². The second-order valence-corrected chi connectivity index (χ2v) is 10.9. The van der Waals surface area contributed by atoms with E-state index in [4.69, 9.17) is 14.0 Å². The molecule has 1 saturated heterocycles. The summed E-state index contributed by atoms with van der Waals surface area (Å²) in [6, 6.07) is 23.1. The molecule has 0 atom stereocenters. The van der Waals surface area contributed by atoms with Crippen molar-refractivity contribution in [2.75, 3.05) is 13.2 Å². The molecule has 1 aliphatic carbocycles. The number of fused-ring (bicyclic) bond motifs is 3. The molecule has 5 rings (SSSR count). The van der Waals surface area contributed by atoms with Gasteiger partial charge in [0.2, 0.25) is 0 Å². The number of carbonyl (C=O) groups excluding carboxylic acids is 1. The summed E-state index contributed by atoms with van der Waals surface area (Å²) in [5.74, 6) is -0.133. The maximum Gasteiger partial charge on any atom is 0.492 e. The number of nitrogens with zero attached hydrogens (tertiary/aromatic N) is 1. The summed E-state index contributed by atoms with van der Waals surface area (Å²) in [7, 11) is -0.719. The molecule has 2 aliphatic rings. The van der Waals surface area contributed by atoms with E-state index < -0.39 is 24.4 Å². The quantitative estimate of drug-likeness (QED) is 0.396. The minimum Gasteiger partial charge on any atom is -0.507 e. The normalized spacial score (nSPS) is 17.3. The van der Waals surface area contributed by atoms with E-state index in [1.807, 2.05) is 58.0 Å². The van der Waals surface area contributed by atoms with Crippen molar-refractivity contribution >= 4 is 19.3 Å². The molecule has 0 bridgehead atoms. The molecule has 198 valence electrons. The molecule has 0 spiro atoms. The molecule has 1 amide bonds. The Labute approximate surface area is 229 Å². The van der Waals surface area contributed by atoms with Crippen LogP contribution in [-0.2, 0) is 14.0 Å². The van der Waals surface area contributed by atoms with Crippen LogP contribution in [0.1, 0.15) is 55.9 Å². The number of nitrogens with one attached hydrogen (secondary N) is 1. The highest BCUT2D eigenvalue weighted by molar-refractivity contribution is 6.56. The summed E-state index contributed by atoms with van der Waals surface area (Å²) in [5, 5.41) is 22.1. The van der Waals surface area contributed by atoms with Gasteiger partial charge in [-0.1, -0.05) is 60.7 Å². The monoisotopic (exact) mass is 522 g/mol. The SMILES string of the molecule is CC1(C)OB(C(=Cc2ccc(O)c(C#N)c2)CNC(=O)OCC2c3ccccc3-c3ccccc32)OC1(C)C. The first-order chi connectivity index (χ1) is 18.6. The Bertz CT molecular complexity index is 1430. The van der Waals surface area contributed by atoms with Crippen LogP contribution in [0.15, 0.2) is 72.2 Å². The van der Waals surface area contributed by atoms with Crippen molar-refractivity contribution in [1.29, 1.82) is 5.26 Å². The fourth-order valence-electron chi connectivity index (χ4n) is 4.97. The Hall–Kier alpha value is -4.06. The third kappa shape index (κ3) is 5.16. The van der Waals surface area contributed by atoms with Crippen LogP contribution < -0.4 is 5.32 Å². The van der Waals surface area contributed by atoms with Crippen molar-refractivity contribution in [2.45, 2.75) is 44.8 Å². The number of alkyl carbamates (subject to hydrolysis) is 1. The van der Waals surface area contributed by atoms with E-state index in [-0.39, 0.29) is 30.4 Å². The number of hydrogen-bond donors (Lipinski definition) is 2. The van der Waals surface area contributed by atoms with Crippen LogP contribution in [-0.4, -0.2) is 42.7 Å². The zero-order valence-corrected chi connectivity index (χ0v) is 22.5. The molecule has 0 aromatic heterocycles. The number of hydrogen-bond acceptors (Lipinski definition) is 6. The van der Waals surface area contributed by atoms with Crippen LogP contribution in [0.4, 0.5) is 4.79 Å². The zero-order chi connectivity index (χ0) is 27.8. The summed E-state index contributed by atoms with van der Waals surface area (Å²) < 4.78 is 18.2. The lowest BCUT2D eigenvalue weighted by atomic mass is 9.77. The Morgan fingerprint density at radius 2 is 1.62 bits per heavy atom. The van der Waals surface area contributed by atoms with Gasteiger partial charge in [-0.3, -0.25) is 0 Å². The standard InChI is InChI=1S/C31H31BN2O5/c1-30(2)31(3,4)39-32(38-30)22(16-20-13-14-28(35)21(15-20)17-33)18-34-29(36)37-19-27-25-11-7-5-9-23(25)24-10-6-8-12-26(24)27/h5-16,27,35H,18-19H2,1-4H3,(H,34,36). The van der Waals surface area contributed by atoms with E-state index in [0.29, 0.717) is 11.0 Å². The molecular weight excluding hydrogens is 491 g/mol. The summed E-state index contributed by atoms with van der Waals surface area (Å²) in [5.41, 5.74) is 4.94. The van der Waals surface area contributed by atoms with Crippen molar-refractivity contribution in [3.05, 3.63) is 94.5 Å². The van der Waals surface area contributed by atoms with E-state index in [9.17, 15) is 15.2 Å². The minimum atomic E-state index is -0.719. The Kier molecular flexibility index (Phi) is 6.98. The van der Waals surface area contributed by atoms with Crippen molar-refractivity contribution < 1.29 is 23.9 Å². The number of aromatic hydroxyl groups is 1. The molecule has 2 N–H and O–H groups in total. The summed E-state index contributed by atoms with van der Waals surface area (Å²) >= 11 is 0. The molecule has 0 unspecified atom stereocenters. The van der Waals surface area contributed by atoms with Crippen LogP contribution in [0, 0.1) is 11.3 Å². The fourth-order valence-corrected chi connectivity index (χ4v) is 4.97. The zero-order valence-electron chi connectivity index (χ0n) is 22.5. The molecule has 8 heteroatoms. The molecule has 7 nitrogen and oxygen atoms in total. The largest absolute Gasteiger partial charge is 0.507 e. The van der Waals surface area contributed by atoms with Crippen LogP contribution >= 0.6 is 0 Å². The molecule has 3 aromatic carbocycles. The van der Waals surface area contributed by atoms with E-state index in [1.54, 1.807) is 18.2 Å². The predicted octanol–water partition coefficient (Wildman–Crippen LogP) is 5.82. The second kappa shape index (κ2) is 10.3. The van der Waals surface area contributed by atoms with Crippen LogP contribution in [0.25, 0.3) is 17.2 Å². The smallest absolute Gasteiger partial charge is 0.492 e. The lowest BCUT2D eigenvalue weighted by molar-refractivity contribution is 0.00578. The molecule has 39 heavy (non-hydrogen) atoms. The number of ether oxygens (including phenoxy) is 1. The number of nitriles is 1. The molecule has 3 aromatic rings. The van der Waals surface area contributed by atoms with Gasteiger partial charge in [0.1, 0.15) is 18.4 Å². The molecule has 0 saturated carbocycles. The average molecular weight is 522 g/mol. The predicted molar refractivity (Wildman–Crippen MR) is 150 cm³/mol. The third-order valence-electron chi connectivity index (χ3n) is 7.83. The number of benzene rings is 3. The van der Waals surface area contributed by atoms with Gasteiger partial charge < -0.3 is 24.5 Å². The maximum atomic E-state index is 12.9. The van der Waals surface area contributed by atoms with E-state index >= 15 is 0 Å². The van der Waals surface area contributed by atoms with E-state index in [0.717, 1.165) is 11.1 Å². The van der Waals surface area contributed by atoms with Crippen molar-refractivity contribution in [2.24, 2.45) is 0 Å². The van der Waals surface area contributed by atoms with Crippen molar-refractivity contribution in [3.8, 4) is 22.9 Å². The van der Waals surface area contributed by atoms with E-state index in [2.05, 4.69) is 29.6 Å². The van der Waals surface area contributed by atoms with Crippen molar-refractivity contribution in [1.82, 2.24) is 5.32 Å². The third-order valence-corrected chi connectivity index (χ3v) is 7.83. The number of rotatable bonds is 6. The number of amides is 1. The molecular formula is C31H31BN2O5. The number of phenols is 1. The lowest BCUT2D eigenvalue weighted by Crippen LogP contribution is -2.41. The minimum absolute atomic E-state index is 0.0392. The first-order valence-corrected chi connectivity index (χ1v) is 13.0. The van der Waals surface area contributed by atoms with Gasteiger partial charge in [-0.05, 0) is 73.1 Å². The van der Waals surface area contributed by atoms with Gasteiger partial charge in [0.15, 0.2) is 0 Å². The first kappa shape index (κ1) is 26.5. The van der Waals surface area contributed by atoms with Gasteiger partial charge >= 0.3 is 13.2 Å². The highest BCUT2D eigenvalue weighted by Crippen LogP contribution is 2.44. The lowest BCUT2D eigenvalue weighted by Gasteiger charge is -2.32. The molecule has 1 heterocycles. The van der Waals surface area contributed by atoms with Gasteiger partial charge in [0, 0.05) is 12.5 Å². The summed E-state index contributed by atoms with van der Waals surface area (Å²) in [6.45, 7) is 8.14. The average Bonchev–Trinajstić information content (AvgIpc) is 3.35. The van der Waals surface area contributed by atoms with Gasteiger partial charge in [-0.25, -0.2) is 4.79 Å². The van der Waals surface area contributed by atoms with Gasteiger partial charge in [0.25, 0.3) is 0 Å². The fraction of sp³-hybridized carbons (Fsp3) is 0.290. The molecule has 0 radical (unpaired) electrons. The summed E-state index contributed by atoms with van der Waals surface area (Å²) in [4.78, 5) is 12.9. The van der Waals surface area contributed by atoms with E-state index in [1.165, 1.54) is 17.2 Å². The van der Waals surface area contributed by atoms with Gasteiger partial charge in [0.05, 0.1) is 16.8 Å². The van der Waals surface area contributed by atoms with Crippen LogP contribution in [0.3, 0.4) is 0 Å². The van der Waals surface area contributed by atoms with Gasteiger partial charge in [-0.15, -0.1) is 0 Å². The molecule has 1 fully saturated rings. The second-order valence-electron chi connectivity index (χ2n) is 10.9. The Morgan fingerprint density at radius 3 is 2.21 bits per heavy atom. The number of carbonyl (C=O) groups is 1. The van der Waals surface area contributed by atoms with Crippen LogP contribution in [0.2, 0.25) is 0 Å². The highest BCUT2D eigenvalue weighted by atomic mass is 16.7. The highest BCUT2D eigenvalue weighted by Gasteiger charge is 2.52. The molecule has 1 aliphatic heterocycles. The maximum absolute atomic E-state index is 12.9. The number of phenolic OH excluding ortho intramolecular Hbond substituents is 1. The Morgan fingerprint density at radius 1 is 1.03 bits per heavy atom. The topological polar surface area (TPSA) is 101 Å². The summed E-state index contributed by atoms with van der Waals surface area (Å²) in [6.07, 6.45) is 1.24. The van der Waals surface area contributed by atoms with Gasteiger partial charge in [-0.2, -0.15) is 5.26 Å². The first-order valence-electron chi connectivity index (χ1n) is 13.0. The Balaban J connectivity index is 1.32. The van der Waals surface area contributed by atoms with Crippen molar-refractivity contribution in [3.63, 3.8) is 0 Å².